The zero-order valence-electron chi connectivity index (χ0n) is 10.1. The number of benzene rings is 1. The second-order valence-electron chi connectivity index (χ2n) is 3.86. The van der Waals surface area contributed by atoms with Crippen LogP contribution < -0.4 is 34.6 Å². The maximum absolute atomic E-state index is 11.2. The molecule has 0 fully saturated rings. The first-order chi connectivity index (χ1) is 7.84. The molecule has 0 saturated heterocycles. The first-order valence-corrected chi connectivity index (χ1v) is 6.32. The first-order valence-electron chi connectivity index (χ1n) is 4.92. The number of hydrogen-bond donors (Lipinski definition) is 1. The van der Waals surface area contributed by atoms with Crippen molar-refractivity contribution in [2.24, 2.45) is 5.10 Å². The molecule has 0 aliphatic carbocycles. The van der Waals surface area contributed by atoms with Crippen molar-refractivity contribution in [2.75, 3.05) is 5.01 Å². The van der Waals surface area contributed by atoms with Crippen LogP contribution in [0.1, 0.15) is 13.3 Å². The van der Waals surface area contributed by atoms with E-state index in [0.29, 0.717) is 11.4 Å². The van der Waals surface area contributed by atoms with Gasteiger partial charge in [-0.1, -0.05) is 18.2 Å². The second-order valence-corrected chi connectivity index (χ2v) is 5.42. The summed E-state index contributed by atoms with van der Waals surface area (Å²) in [5, 5.41) is 12.2. The summed E-state index contributed by atoms with van der Waals surface area (Å²) < 4.78 is 33.5. The minimum absolute atomic E-state index is 0. The standard InChI is InChI=1S/C10H12N2O4S.Na/c1-8-7-10(13,17(14,15)16)12(11-8)9-5-3-2-4-6-9;/h2-6,13H,7H2,1H3,(H,14,15,16);/q;+1/p-1. The van der Waals surface area contributed by atoms with Crippen LogP contribution in [0.3, 0.4) is 0 Å². The van der Waals surface area contributed by atoms with Crippen LogP contribution in [-0.2, 0) is 10.1 Å². The molecule has 1 aliphatic heterocycles. The van der Waals surface area contributed by atoms with Crippen molar-refractivity contribution in [3.63, 3.8) is 0 Å². The zero-order chi connectivity index (χ0) is 12.7. The van der Waals surface area contributed by atoms with Crippen molar-refractivity contribution < 1.29 is 47.6 Å². The molecule has 8 heteroatoms. The molecule has 92 valence electrons. The molecule has 0 radical (unpaired) electrons. The van der Waals surface area contributed by atoms with Gasteiger partial charge < -0.3 is 9.66 Å². The van der Waals surface area contributed by atoms with Crippen molar-refractivity contribution in [2.45, 2.75) is 18.4 Å². The quantitative estimate of drug-likeness (QED) is 0.475. The molecule has 0 aromatic heterocycles. The van der Waals surface area contributed by atoms with E-state index in [0.717, 1.165) is 5.01 Å². The fraction of sp³-hybridized carbons (Fsp3) is 0.300. The average molecular weight is 278 g/mol. The summed E-state index contributed by atoms with van der Waals surface area (Å²) in [5.41, 5.74) is 0.738. The van der Waals surface area contributed by atoms with E-state index in [4.69, 9.17) is 0 Å². The van der Waals surface area contributed by atoms with Gasteiger partial charge in [0.25, 0.3) is 5.06 Å². The molecule has 1 heterocycles. The largest absolute Gasteiger partial charge is 1.00 e. The average Bonchev–Trinajstić information content (AvgIpc) is 2.56. The third-order valence-electron chi connectivity index (χ3n) is 2.49. The van der Waals surface area contributed by atoms with Gasteiger partial charge in [-0.3, -0.25) is 0 Å². The molecule has 0 amide bonds. The van der Waals surface area contributed by atoms with Crippen molar-refractivity contribution in [1.29, 1.82) is 0 Å². The van der Waals surface area contributed by atoms with Crippen LogP contribution >= 0.6 is 0 Å². The molecule has 18 heavy (non-hydrogen) atoms. The Kier molecular flexibility index (Phi) is 4.58. The Morgan fingerprint density at radius 3 is 2.44 bits per heavy atom. The van der Waals surface area contributed by atoms with Crippen LogP contribution in [-0.4, -0.2) is 28.8 Å². The number of aliphatic hydroxyl groups is 1. The van der Waals surface area contributed by atoms with E-state index in [1.807, 2.05) is 0 Å². The van der Waals surface area contributed by atoms with Gasteiger partial charge in [0.1, 0.15) is 10.1 Å². The molecule has 1 aliphatic rings. The van der Waals surface area contributed by atoms with Crippen molar-refractivity contribution >= 4 is 21.5 Å². The molecule has 6 nitrogen and oxygen atoms in total. The smallest absolute Gasteiger partial charge is 0.744 e. The molecule has 0 spiro atoms. The van der Waals surface area contributed by atoms with Gasteiger partial charge in [0, 0.05) is 5.71 Å². The maximum Gasteiger partial charge on any atom is 1.00 e. The van der Waals surface area contributed by atoms with Crippen LogP contribution in [0.2, 0.25) is 0 Å². The molecular weight excluding hydrogens is 267 g/mol. The van der Waals surface area contributed by atoms with Crippen LogP contribution in [0.25, 0.3) is 0 Å². The molecular formula is C10H11N2NaO4S. The first kappa shape index (κ1) is 15.6. The Morgan fingerprint density at radius 2 is 1.94 bits per heavy atom. The Hall–Kier alpha value is -0.440. The fourth-order valence-corrected chi connectivity index (χ4v) is 2.46. The van der Waals surface area contributed by atoms with Gasteiger partial charge in [-0.15, -0.1) is 0 Å². The summed E-state index contributed by atoms with van der Waals surface area (Å²) in [6.45, 7) is 1.55. The summed E-state index contributed by atoms with van der Waals surface area (Å²) in [6, 6.07) is 8.20. The number of hydrazone groups is 1. The van der Waals surface area contributed by atoms with Gasteiger partial charge >= 0.3 is 29.6 Å². The Labute approximate surface area is 127 Å². The molecule has 2 rings (SSSR count). The van der Waals surface area contributed by atoms with E-state index >= 15 is 0 Å². The number of para-hydroxylation sites is 1. The number of nitrogens with zero attached hydrogens (tertiary/aromatic N) is 2. The van der Waals surface area contributed by atoms with Crippen LogP contribution in [0, 0.1) is 0 Å². The molecule has 1 aromatic rings. The van der Waals surface area contributed by atoms with Crippen molar-refractivity contribution in [1.82, 2.24) is 0 Å². The Balaban J connectivity index is 0.00000162. The third-order valence-corrected chi connectivity index (χ3v) is 3.61. The van der Waals surface area contributed by atoms with Gasteiger partial charge in [0.2, 0.25) is 0 Å². The molecule has 0 bridgehead atoms. The maximum atomic E-state index is 11.2. The monoisotopic (exact) mass is 278 g/mol. The molecule has 0 saturated carbocycles. The van der Waals surface area contributed by atoms with Crippen LogP contribution in [0.4, 0.5) is 5.69 Å². The molecule has 1 N–H and O–H groups in total. The summed E-state index contributed by atoms with van der Waals surface area (Å²) in [4.78, 5) is 0. The van der Waals surface area contributed by atoms with E-state index in [2.05, 4.69) is 5.10 Å². The van der Waals surface area contributed by atoms with Gasteiger partial charge in [0.15, 0.2) is 0 Å². The van der Waals surface area contributed by atoms with Crippen molar-refractivity contribution in [3.8, 4) is 0 Å². The van der Waals surface area contributed by atoms with Gasteiger partial charge in [-0.25, -0.2) is 13.4 Å². The van der Waals surface area contributed by atoms with Gasteiger partial charge in [0.05, 0.1) is 12.1 Å². The second kappa shape index (κ2) is 5.28. The summed E-state index contributed by atoms with van der Waals surface area (Å²) in [6.07, 6.45) is -0.312. The molecule has 1 aromatic carbocycles. The summed E-state index contributed by atoms with van der Waals surface area (Å²) in [7, 11) is -4.92. The van der Waals surface area contributed by atoms with Crippen LogP contribution in [0.15, 0.2) is 35.4 Å². The van der Waals surface area contributed by atoms with Crippen molar-refractivity contribution in [3.05, 3.63) is 30.3 Å². The van der Waals surface area contributed by atoms with E-state index in [1.165, 1.54) is 0 Å². The SMILES string of the molecule is CC1=NN(c2ccccc2)C(O)(S(=O)(=O)[O-])C1.[Na+]. The zero-order valence-corrected chi connectivity index (χ0v) is 12.9. The Morgan fingerprint density at radius 1 is 1.39 bits per heavy atom. The number of rotatable bonds is 2. The summed E-state index contributed by atoms with van der Waals surface area (Å²) in [5.74, 6) is 0. The van der Waals surface area contributed by atoms with E-state index in [1.54, 1.807) is 37.3 Å². The molecule has 1 unspecified atom stereocenters. The fourth-order valence-electron chi connectivity index (χ4n) is 1.72. The minimum atomic E-state index is -4.92. The third kappa shape index (κ3) is 2.61. The Bertz CT molecular complexity index is 561. The number of hydrogen-bond acceptors (Lipinski definition) is 6. The van der Waals surface area contributed by atoms with Gasteiger partial charge in [-0.2, -0.15) is 5.10 Å². The topological polar surface area (TPSA) is 93.0 Å². The van der Waals surface area contributed by atoms with E-state index < -0.39 is 15.2 Å². The predicted molar refractivity (Wildman–Crippen MR) is 61.3 cm³/mol. The van der Waals surface area contributed by atoms with Gasteiger partial charge in [-0.05, 0) is 19.1 Å². The number of anilines is 1. The van der Waals surface area contributed by atoms with Crippen LogP contribution in [0.5, 0.6) is 0 Å². The predicted octanol–water partition coefficient (Wildman–Crippen LogP) is -2.53. The molecule has 1 atom stereocenters. The normalized spacial score (nSPS) is 23.5. The van der Waals surface area contributed by atoms with E-state index in [-0.39, 0.29) is 36.0 Å². The van der Waals surface area contributed by atoms with E-state index in [9.17, 15) is 18.1 Å². The summed E-state index contributed by atoms with van der Waals surface area (Å²) >= 11 is 0. The minimum Gasteiger partial charge on any atom is -0.744 e.